The zero-order chi connectivity index (χ0) is 21.5. The molecule has 1 saturated carbocycles. The van der Waals surface area contributed by atoms with E-state index in [1.807, 2.05) is 4.90 Å². The lowest BCUT2D eigenvalue weighted by molar-refractivity contribution is -0.130. The van der Waals surface area contributed by atoms with Gasteiger partial charge < -0.3 is 14.5 Å². The summed E-state index contributed by atoms with van der Waals surface area (Å²) in [5.74, 6) is 1.22. The number of carbonyl (C=O) groups excluding carboxylic acids is 1. The van der Waals surface area contributed by atoms with Crippen molar-refractivity contribution in [3.8, 4) is 5.75 Å². The van der Waals surface area contributed by atoms with Crippen molar-refractivity contribution in [1.29, 1.82) is 0 Å². The Labute approximate surface area is 188 Å². The highest BCUT2D eigenvalue weighted by Gasteiger charge is 2.36. The fourth-order valence-corrected chi connectivity index (χ4v) is 5.80. The predicted molar refractivity (Wildman–Crippen MR) is 126 cm³/mol. The Morgan fingerprint density at radius 3 is 2.19 bits per heavy atom. The highest BCUT2D eigenvalue weighted by atomic mass is 16.5. The Morgan fingerprint density at radius 1 is 0.871 bits per heavy atom. The van der Waals surface area contributed by atoms with Gasteiger partial charge in [0.15, 0.2) is 0 Å². The van der Waals surface area contributed by atoms with Crippen LogP contribution < -0.4 is 4.74 Å². The molecule has 0 bridgehead atoms. The zero-order valence-electron chi connectivity index (χ0n) is 19.5. The Balaban J connectivity index is 1.32. The third-order valence-electron chi connectivity index (χ3n) is 7.71. The number of carbonyl (C=O) groups is 1. The Morgan fingerprint density at radius 2 is 1.55 bits per heavy atom. The van der Waals surface area contributed by atoms with Gasteiger partial charge in [-0.05, 0) is 62.9 Å². The largest absolute Gasteiger partial charge is 0.494 e. The average molecular weight is 428 g/mol. The first-order valence-electron chi connectivity index (χ1n) is 12.6. The summed E-state index contributed by atoms with van der Waals surface area (Å²) in [5.41, 5.74) is 1.73. The molecule has 3 aliphatic rings. The van der Waals surface area contributed by atoms with Crippen molar-refractivity contribution < 1.29 is 9.53 Å². The van der Waals surface area contributed by atoms with E-state index in [1.54, 1.807) is 6.92 Å². The van der Waals surface area contributed by atoms with Crippen LogP contribution in [0.3, 0.4) is 0 Å². The maximum absolute atomic E-state index is 11.7. The molecule has 1 aliphatic carbocycles. The number of piperazine rings is 1. The SMILES string of the molecule is CC(=O)N1CCN(CC2(c3ccc(OCCCN4CCCC4)cc3)CCCCC2)CC1. The van der Waals surface area contributed by atoms with Gasteiger partial charge in [0.2, 0.25) is 5.91 Å². The van der Waals surface area contributed by atoms with Crippen molar-refractivity contribution in [2.24, 2.45) is 0 Å². The van der Waals surface area contributed by atoms with Crippen LogP contribution in [0.15, 0.2) is 24.3 Å². The second kappa shape index (κ2) is 10.8. The van der Waals surface area contributed by atoms with E-state index in [2.05, 4.69) is 34.1 Å². The van der Waals surface area contributed by atoms with Crippen molar-refractivity contribution in [2.45, 2.75) is 63.7 Å². The molecule has 0 radical (unpaired) electrons. The molecule has 31 heavy (non-hydrogen) atoms. The molecular weight excluding hydrogens is 386 g/mol. The van der Waals surface area contributed by atoms with Gasteiger partial charge in [0.05, 0.1) is 6.61 Å². The lowest BCUT2D eigenvalue weighted by Gasteiger charge is -2.44. The second-order valence-electron chi connectivity index (χ2n) is 9.90. The van der Waals surface area contributed by atoms with E-state index in [-0.39, 0.29) is 11.3 Å². The van der Waals surface area contributed by atoms with Gasteiger partial charge in [-0.25, -0.2) is 0 Å². The van der Waals surface area contributed by atoms with Gasteiger partial charge in [0.25, 0.3) is 0 Å². The van der Waals surface area contributed by atoms with E-state index < -0.39 is 0 Å². The van der Waals surface area contributed by atoms with Gasteiger partial charge in [-0.3, -0.25) is 9.69 Å². The summed E-state index contributed by atoms with van der Waals surface area (Å²) < 4.78 is 6.05. The Kier molecular flexibility index (Phi) is 7.89. The van der Waals surface area contributed by atoms with Crippen molar-refractivity contribution in [3.05, 3.63) is 29.8 Å². The van der Waals surface area contributed by atoms with Gasteiger partial charge >= 0.3 is 0 Å². The predicted octanol–water partition coefficient (Wildman–Crippen LogP) is 3.92. The molecule has 1 amide bonds. The smallest absolute Gasteiger partial charge is 0.219 e. The highest BCUT2D eigenvalue weighted by molar-refractivity contribution is 5.73. The zero-order valence-corrected chi connectivity index (χ0v) is 19.5. The third kappa shape index (κ3) is 6.01. The molecule has 5 nitrogen and oxygen atoms in total. The molecule has 0 spiro atoms. The Hall–Kier alpha value is -1.59. The van der Waals surface area contributed by atoms with E-state index in [9.17, 15) is 4.79 Å². The van der Waals surface area contributed by atoms with E-state index in [1.165, 1.54) is 63.6 Å². The maximum Gasteiger partial charge on any atom is 0.219 e. The van der Waals surface area contributed by atoms with E-state index in [0.29, 0.717) is 0 Å². The molecule has 1 aromatic rings. The molecule has 5 heteroatoms. The number of likely N-dealkylation sites (tertiary alicyclic amines) is 1. The Bertz CT molecular complexity index is 685. The molecular formula is C26H41N3O2. The molecule has 0 unspecified atom stereocenters. The molecule has 4 rings (SSSR count). The highest BCUT2D eigenvalue weighted by Crippen LogP contribution is 2.41. The van der Waals surface area contributed by atoms with Crippen LogP contribution in [0.4, 0.5) is 0 Å². The topological polar surface area (TPSA) is 36.0 Å². The van der Waals surface area contributed by atoms with Crippen LogP contribution in [-0.2, 0) is 10.2 Å². The van der Waals surface area contributed by atoms with Gasteiger partial charge in [-0.2, -0.15) is 0 Å². The van der Waals surface area contributed by atoms with Gasteiger partial charge in [0.1, 0.15) is 5.75 Å². The van der Waals surface area contributed by atoms with E-state index >= 15 is 0 Å². The monoisotopic (exact) mass is 427 g/mol. The standard InChI is InChI=1S/C26H41N3O2/c1-23(30)29-19-17-28(18-20-29)22-26(12-3-2-4-13-26)24-8-10-25(11-9-24)31-21-7-16-27-14-5-6-15-27/h8-11H,2-7,12-22H2,1H3. The molecule has 2 aliphatic heterocycles. The minimum absolute atomic E-state index is 0.211. The van der Waals surface area contributed by atoms with Crippen LogP contribution in [-0.4, -0.2) is 79.6 Å². The summed E-state index contributed by atoms with van der Waals surface area (Å²) in [6, 6.07) is 9.03. The lowest BCUT2D eigenvalue weighted by atomic mass is 9.69. The fraction of sp³-hybridized carbons (Fsp3) is 0.731. The number of benzene rings is 1. The molecule has 172 valence electrons. The molecule has 0 aromatic heterocycles. The molecule has 1 aromatic carbocycles. The average Bonchev–Trinajstić information content (AvgIpc) is 3.32. The fourth-order valence-electron chi connectivity index (χ4n) is 5.80. The summed E-state index contributed by atoms with van der Waals surface area (Å²) in [5, 5.41) is 0. The first-order chi connectivity index (χ1) is 15.1. The number of rotatable bonds is 8. The van der Waals surface area contributed by atoms with E-state index in [0.717, 1.165) is 58.0 Å². The van der Waals surface area contributed by atoms with E-state index in [4.69, 9.17) is 4.74 Å². The maximum atomic E-state index is 11.7. The van der Waals surface area contributed by atoms with Crippen molar-refractivity contribution in [3.63, 3.8) is 0 Å². The lowest BCUT2D eigenvalue weighted by Crippen LogP contribution is -2.52. The third-order valence-corrected chi connectivity index (χ3v) is 7.71. The van der Waals surface area contributed by atoms with Gasteiger partial charge in [-0.1, -0.05) is 31.4 Å². The van der Waals surface area contributed by atoms with Crippen LogP contribution in [0.2, 0.25) is 0 Å². The van der Waals surface area contributed by atoms with Crippen LogP contribution in [0, 0.1) is 0 Å². The number of hydrogen-bond acceptors (Lipinski definition) is 4. The molecule has 0 atom stereocenters. The first-order valence-corrected chi connectivity index (χ1v) is 12.6. The number of hydrogen-bond donors (Lipinski definition) is 0. The summed E-state index contributed by atoms with van der Waals surface area (Å²) in [4.78, 5) is 18.8. The second-order valence-corrected chi connectivity index (χ2v) is 9.90. The summed E-state index contributed by atoms with van der Waals surface area (Å²) >= 11 is 0. The summed E-state index contributed by atoms with van der Waals surface area (Å²) in [6.07, 6.45) is 10.4. The van der Waals surface area contributed by atoms with Crippen LogP contribution >= 0.6 is 0 Å². The van der Waals surface area contributed by atoms with Crippen molar-refractivity contribution in [1.82, 2.24) is 14.7 Å². The quantitative estimate of drug-likeness (QED) is 0.589. The normalized spacial score (nSPS) is 22.5. The molecule has 0 N–H and O–H groups in total. The molecule has 2 heterocycles. The number of nitrogens with zero attached hydrogens (tertiary/aromatic N) is 3. The summed E-state index contributed by atoms with van der Waals surface area (Å²) in [6.45, 7) is 11.0. The van der Waals surface area contributed by atoms with Crippen LogP contribution in [0.1, 0.15) is 63.9 Å². The molecule has 2 saturated heterocycles. The number of amides is 1. The molecule has 3 fully saturated rings. The number of ether oxygens (including phenoxy) is 1. The first kappa shape index (κ1) is 22.6. The van der Waals surface area contributed by atoms with Crippen LogP contribution in [0.5, 0.6) is 5.75 Å². The van der Waals surface area contributed by atoms with Crippen molar-refractivity contribution >= 4 is 5.91 Å². The van der Waals surface area contributed by atoms with Crippen LogP contribution in [0.25, 0.3) is 0 Å². The van der Waals surface area contributed by atoms with Gasteiger partial charge in [0, 0.05) is 51.6 Å². The van der Waals surface area contributed by atoms with Gasteiger partial charge in [-0.15, -0.1) is 0 Å². The minimum Gasteiger partial charge on any atom is -0.494 e. The summed E-state index contributed by atoms with van der Waals surface area (Å²) in [7, 11) is 0. The van der Waals surface area contributed by atoms with Crippen molar-refractivity contribution in [2.75, 3.05) is 59.0 Å². The minimum atomic E-state index is 0.211.